The zero-order valence-corrected chi connectivity index (χ0v) is 13.4. The van der Waals surface area contributed by atoms with E-state index in [9.17, 15) is 27.9 Å². The lowest BCUT2D eigenvalue weighted by atomic mass is 10.1. The summed E-state index contributed by atoms with van der Waals surface area (Å²) in [6.07, 6.45) is -3.50. The Kier molecular flexibility index (Phi) is 4.44. The minimum Gasteiger partial charge on any atom is -0.507 e. The van der Waals surface area contributed by atoms with E-state index in [1.165, 1.54) is 12.1 Å². The van der Waals surface area contributed by atoms with Crippen molar-refractivity contribution >= 4 is 17.5 Å². The van der Waals surface area contributed by atoms with Crippen molar-refractivity contribution in [2.45, 2.75) is 6.18 Å². The second-order valence-corrected chi connectivity index (χ2v) is 5.44. The number of amides is 1. The maximum atomic E-state index is 13.0. The highest BCUT2D eigenvalue weighted by Crippen LogP contribution is 2.34. The molecule has 8 nitrogen and oxygen atoms in total. The number of rotatable bonds is 4. The third-order valence-electron chi connectivity index (χ3n) is 3.64. The Morgan fingerprint density at radius 1 is 1.22 bits per heavy atom. The Hall–Kier alpha value is -3.63. The molecule has 0 unspecified atom stereocenters. The van der Waals surface area contributed by atoms with E-state index in [1.807, 2.05) is 0 Å². The number of carbonyl (C=O) groups excluding carboxylic acids is 1. The van der Waals surface area contributed by atoms with Gasteiger partial charge in [0.1, 0.15) is 24.2 Å². The summed E-state index contributed by atoms with van der Waals surface area (Å²) >= 11 is 0. The lowest BCUT2D eigenvalue weighted by Gasteiger charge is -2.12. The van der Waals surface area contributed by atoms with Crippen molar-refractivity contribution in [3.05, 3.63) is 47.8 Å². The molecule has 2 aromatic heterocycles. The predicted molar refractivity (Wildman–Crippen MR) is 85.1 cm³/mol. The van der Waals surface area contributed by atoms with Crippen molar-refractivity contribution in [2.75, 3.05) is 6.54 Å². The van der Waals surface area contributed by atoms with Gasteiger partial charge >= 0.3 is 12.1 Å². The van der Waals surface area contributed by atoms with Crippen LogP contribution >= 0.6 is 0 Å². The number of halogens is 3. The largest absolute Gasteiger partial charge is 0.507 e. The summed E-state index contributed by atoms with van der Waals surface area (Å²) in [5.74, 6) is -2.78. The molecule has 2 heterocycles. The number of aromatic nitrogens is 3. The number of nitrogens with one attached hydrogen (secondary N) is 1. The van der Waals surface area contributed by atoms with Gasteiger partial charge in [0.2, 0.25) is 0 Å². The van der Waals surface area contributed by atoms with Gasteiger partial charge in [-0.3, -0.25) is 9.59 Å². The lowest BCUT2D eigenvalue weighted by Crippen LogP contribution is -2.29. The molecule has 3 rings (SSSR count). The Bertz CT molecular complexity index is 1050. The Morgan fingerprint density at radius 2 is 1.96 bits per heavy atom. The topological polar surface area (TPSA) is 117 Å². The highest BCUT2D eigenvalue weighted by Gasteiger charge is 2.31. The predicted octanol–water partition coefficient (Wildman–Crippen LogP) is 1.94. The van der Waals surface area contributed by atoms with Crippen LogP contribution in [0.1, 0.15) is 15.9 Å². The van der Waals surface area contributed by atoms with Crippen LogP contribution in [-0.2, 0) is 11.0 Å². The van der Waals surface area contributed by atoms with Crippen LogP contribution in [0, 0.1) is 0 Å². The van der Waals surface area contributed by atoms with Crippen molar-refractivity contribution in [3.63, 3.8) is 0 Å². The second-order valence-electron chi connectivity index (χ2n) is 5.44. The number of fused-ring (bicyclic) bond motifs is 1. The van der Waals surface area contributed by atoms with Crippen LogP contribution in [0.3, 0.4) is 0 Å². The van der Waals surface area contributed by atoms with Crippen LogP contribution in [0.25, 0.3) is 16.9 Å². The maximum Gasteiger partial charge on any atom is 0.416 e. The molecular weight excluding hydrogens is 369 g/mol. The molecule has 0 bridgehead atoms. The molecule has 11 heteroatoms. The van der Waals surface area contributed by atoms with Crippen molar-refractivity contribution in [3.8, 4) is 17.0 Å². The van der Waals surface area contributed by atoms with Gasteiger partial charge < -0.3 is 15.5 Å². The number of hydrogen-bond donors (Lipinski definition) is 3. The van der Waals surface area contributed by atoms with Gasteiger partial charge in [-0.15, -0.1) is 0 Å². The van der Waals surface area contributed by atoms with Crippen molar-refractivity contribution < 1.29 is 33.0 Å². The standard InChI is InChI=1S/C16H11F3N4O4/c17-16(18,19)9-3-1-2-8(4-9)10-5-11(24)13(14-21-7-22-23(10)14)15(27)20-6-12(25)26/h1-5,7,24H,6H2,(H,20,27)(H,25,26). The van der Waals surface area contributed by atoms with Gasteiger partial charge in [-0.2, -0.15) is 18.3 Å². The van der Waals surface area contributed by atoms with E-state index in [2.05, 4.69) is 15.4 Å². The molecule has 3 N–H and O–H groups in total. The van der Waals surface area contributed by atoms with Gasteiger partial charge in [0, 0.05) is 11.6 Å². The van der Waals surface area contributed by atoms with E-state index in [0.717, 1.165) is 29.0 Å². The number of aliphatic carboxylic acids is 1. The zero-order valence-electron chi connectivity index (χ0n) is 13.4. The van der Waals surface area contributed by atoms with E-state index in [1.54, 1.807) is 0 Å². The number of aromatic hydroxyl groups is 1. The van der Waals surface area contributed by atoms with E-state index in [-0.39, 0.29) is 22.5 Å². The van der Waals surface area contributed by atoms with E-state index in [4.69, 9.17) is 5.11 Å². The fraction of sp³-hybridized carbons (Fsp3) is 0.125. The van der Waals surface area contributed by atoms with E-state index < -0.39 is 35.9 Å². The van der Waals surface area contributed by atoms with Gasteiger partial charge in [-0.05, 0) is 12.1 Å². The highest BCUT2D eigenvalue weighted by molar-refractivity contribution is 6.04. The number of carboxylic acids is 1. The molecular formula is C16H11F3N4O4. The first-order valence-electron chi connectivity index (χ1n) is 7.42. The fourth-order valence-electron chi connectivity index (χ4n) is 2.49. The minimum atomic E-state index is -4.56. The van der Waals surface area contributed by atoms with Crippen molar-refractivity contribution in [2.24, 2.45) is 0 Å². The van der Waals surface area contributed by atoms with E-state index in [0.29, 0.717) is 0 Å². The summed E-state index contributed by atoms with van der Waals surface area (Å²) in [6.45, 7) is -0.687. The van der Waals surface area contributed by atoms with Gasteiger partial charge in [0.15, 0.2) is 5.65 Å². The molecule has 0 aliphatic heterocycles. The first-order chi connectivity index (χ1) is 12.7. The first kappa shape index (κ1) is 18.2. The SMILES string of the molecule is O=C(O)CNC(=O)c1c(O)cc(-c2cccc(C(F)(F)F)c2)n2ncnc12. The van der Waals surface area contributed by atoms with Crippen LogP contribution < -0.4 is 5.32 Å². The molecule has 0 radical (unpaired) electrons. The summed E-state index contributed by atoms with van der Waals surface area (Å²) in [4.78, 5) is 26.6. The van der Waals surface area contributed by atoms with Crippen LogP contribution in [0.15, 0.2) is 36.7 Å². The van der Waals surface area contributed by atoms with Crippen molar-refractivity contribution in [1.29, 1.82) is 0 Å². The molecule has 0 aliphatic carbocycles. The summed E-state index contributed by atoms with van der Waals surface area (Å²) in [5, 5.41) is 24.8. The molecule has 0 aliphatic rings. The fourth-order valence-corrected chi connectivity index (χ4v) is 2.49. The molecule has 140 valence electrons. The number of nitrogens with zero attached hydrogens (tertiary/aromatic N) is 3. The number of pyridine rings is 1. The minimum absolute atomic E-state index is 0.0703. The average molecular weight is 380 g/mol. The number of carboxylic acid groups (broad SMARTS) is 1. The van der Waals surface area contributed by atoms with Crippen molar-refractivity contribution in [1.82, 2.24) is 19.9 Å². The van der Waals surface area contributed by atoms with Gasteiger partial charge in [0.05, 0.1) is 11.3 Å². The molecule has 0 saturated carbocycles. The van der Waals surface area contributed by atoms with Gasteiger partial charge in [0.25, 0.3) is 5.91 Å². The Morgan fingerprint density at radius 3 is 2.63 bits per heavy atom. The van der Waals surface area contributed by atoms with Crippen LogP contribution in [0.2, 0.25) is 0 Å². The molecule has 27 heavy (non-hydrogen) atoms. The number of benzene rings is 1. The number of alkyl halides is 3. The summed E-state index contributed by atoms with van der Waals surface area (Å²) < 4.78 is 39.9. The third-order valence-corrected chi connectivity index (χ3v) is 3.64. The smallest absolute Gasteiger partial charge is 0.416 e. The van der Waals surface area contributed by atoms with Gasteiger partial charge in [-0.1, -0.05) is 12.1 Å². The molecule has 0 fully saturated rings. The summed E-state index contributed by atoms with van der Waals surface area (Å²) in [7, 11) is 0. The molecule has 3 aromatic rings. The molecule has 1 amide bonds. The monoisotopic (exact) mass is 380 g/mol. The summed E-state index contributed by atoms with van der Waals surface area (Å²) in [5.41, 5.74) is -1.21. The average Bonchev–Trinajstić information content (AvgIpc) is 3.07. The van der Waals surface area contributed by atoms with Crippen LogP contribution in [0.5, 0.6) is 5.75 Å². The third kappa shape index (κ3) is 3.52. The zero-order chi connectivity index (χ0) is 19.8. The molecule has 0 spiro atoms. The lowest BCUT2D eigenvalue weighted by molar-refractivity contribution is -0.137. The second kappa shape index (κ2) is 6.59. The molecule has 0 atom stereocenters. The van der Waals surface area contributed by atoms with Crippen LogP contribution in [0.4, 0.5) is 13.2 Å². The number of carbonyl (C=O) groups is 2. The summed E-state index contributed by atoms with van der Waals surface area (Å²) in [6, 6.07) is 5.42. The van der Waals surface area contributed by atoms with Gasteiger partial charge in [-0.25, -0.2) is 9.50 Å². The van der Waals surface area contributed by atoms with Crippen LogP contribution in [-0.4, -0.2) is 43.2 Å². The molecule has 0 saturated heterocycles. The number of hydrogen-bond acceptors (Lipinski definition) is 5. The Balaban J connectivity index is 2.13. The molecule has 1 aromatic carbocycles. The maximum absolute atomic E-state index is 13.0. The normalized spacial score (nSPS) is 11.5. The highest BCUT2D eigenvalue weighted by atomic mass is 19.4. The first-order valence-corrected chi connectivity index (χ1v) is 7.42. The Labute approximate surface area is 148 Å². The quantitative estimate of drug-likeness (QED) is 0.637. The van der Waals surface area contributed by atoms with E-state index >= 15 is 0 Å².